The number of rotatable bonds is 4. The van der Waals surface area contributed by atoms with Gasteiger partial charge in [0.2, 0.25) is 3.79 Å². The molecule has 1 aromatic rings. The van der Waals surface area contributed by atoms with Gasteiger partial charge in [-0.3, -0.25) is 4.79 Å². The average molecular weight is 311 g/mol. The van der Waals surface area contributed by atoms with Crippen LogP contribution in [0.4, 0.5) is 0 Å². The fraction of sp³-hybridized carbons (Fsp3) is 0.273. The summed E-state index contributed by atoms with van der Waals surface area (Å²) in [6, 6.07) is 4.21. The Labute approximate surface area is 119 Å². The van der Waals surface area contributed by atoms with Crippen molar-refractivity contribution in [2.75, 3.05) is 7.11 Å². The van der Waals surface area contributed by atoms with Crippen molar-refractivity contribution in [3.63, 3.8) is 0 Å². The molecule has 0 atom stereocenters. The van der Waals surface area contributed by atoms with Crippen LogP contribution in [0.25, 0.3) is 0 Å². The van der Waals surface area contributed by atoms with Gasteiger partial charge in [0, 0.05) is 6.07 Å². The van der Waals surface area contributed by atoms with Crippen molar-refractivity contribution in [3.05, 3.63) is 23.8 Å². The second-order valence-electron chi connectivity index (χ2n) is 3.46. The first-order valence-electron chi connectivity index (χ1n) is 4.80. The zero-order valence-corrected chi connectivity index (χ0v) is 11.6. The molecule has 0 radical (unpaired) electrons. The summed E-state index contributed by atoms with van der Waals surface area (Å²) >= 11 is 16.4. The molecule has 0 fully saturated rings. The molecule has 0 saturated heterocycles. The normalized spacial score (nSPS) is 11.1. The molecular weight excluding hydrogens is 300 g/mol. The average Bonchev–Trinajstić information content (AvgIpc) is 2.27. The molecule has 2 N–H and O–H groups in total. The molecule has 0 aliphatic rings. The van der Waals surface area contributed by atoms with E-state index in [0.29, 0.717) is 5.75 Å². The summed E-state index contributed by atoms with van der Waals surface area (Å²) in [7, 11) is 1.44. The lowest BCUT2D eigenvalue weighted by Gasteiger charge is -2.12. The van der Waals surface area contributed by atoms with Gasteiger partial charge in [-0.05, 0) is 12.1 Å². The van der Waals surface area contributed by atoms with Gasteiger partial charge >= 0.3 is 0 Å². The van der Waals surface area contributed by atoms with E-state index in [9.17, 15) is 9.90 Å². The molecule has 1 rings (SSSR count). The fourth-order valence-electron chi connectivity index (χ4n) is 1.23. The van der Waals surface area contributed by atoms with Gasteiger partial charge < -0.3 is 15.3 Å². The summed E-state index contributed by atoms with van der Waals surface area (Å²) in [6.07, 6.45) is -0.379. The largest absolute Gasteiger partial charge is 0.507 e. The fourth-order valence-corrected chi connectivity index (χ4v) is 1.43. The Morgan fingerprint density at radius 2 is 2.06 bits per heavy atom. The smallest absolute Gasteiger partial charge is 0.228 e. The number of ketones is 1. The van der Waals surface area contributed by atoms with Crippen molar-refractivity contribution in [2.24, 2.45) is 0 Å². The van der Waals surface area contributed by atoms with Gasteiger partial charge in [0.1, 0.15) is 11.5 Å². The molecule has 98 valence electrons. The van der Waals surface area contributed by atoms with E-state index in [2.05, 4.69) is 0 Å². The standard InChI is InChI=1S/C11H10Cl3NO3/c1-18-6-2-3-7(8(16)4-6)9(17)5-10(15)11(12,13)14/h2-4,15-16H,5H2,1H3. The minimum Gasteiger partial charge on any atom is -0.507 e. The lowest BCUT2D eigenvalue weighted by molar-refractivity contribution is 0.0997. The van der Waals surface area contributed by atoms with Gasteiger partial charge in [0.15, 0.2) is 5.78 Å². The molecule has 0 aromatic heterocycles. The number of ether oxygens (including phenoxy) is 1. The monoisotopic (exact) mass is 309 g/mol. The van der Waals surface area contributed by atoms with Crippen molar-refractivity contribution >= 4 is 46.3 Å². The number of nitrogens with one attached hydrogen (secondary N) is 1. The molecule has 0 unspecified atom stereocenters. The summed E-state index contributed by atoms with van der Waals surface area (Å²) in [4.78, 5) is 11.8. The second kappa shape index (κ2) is 5.78. The van der Waals surface area contributed by atoms with Crippen LogP contribution in [-0.4, -0.2) is 27.5 Å². The number of aromatic hydroxyl groups is 1. The first-order chi connectivity index (χ1) is 8.25. The third-order valence-corrected chi connectivity index (χ3v) is 2.87. The number of methoxy groups -OCH3 is 1. The highest BCUT2D eigenvalue weighted by molar-refractivity contribution is 6.77. The van der Waals surface area contributed by atoms with E-state index in [4.69, 9.17) is 44.9 Å². The van der Waals surface area contributed by atoms with Crippen molar-refractivity contribution < 1.29 is 14.6 Å². The predicted molar refractivity (Wildman–Crippen MR) is 71.6 cm³/mol. The SMILES string of the molecule is COc1ccc(C(=O)CC(=N)C(Cl)(Cl)Cl)c(O)c1. The first-order valence-corrected chi connectivity index (χ1v) is 5.94. The van der Waals surface area contributed by atoms with Crippen LogP contribution in [0.1, 0.15) is 16.8 Å². The molecule has 0 aliphatic heterocycles. The summed E-state index contributed by atoms with van der Waals surface area (Å²) in [5.41, 5.74) is -0.303. The van der Waals surface area contributed by atoms with Gasteiger partial charge in [-0.25, -0.2) is 0 Å². The number of carbonyl (C=O) groups excluding carboxylic acids is 1. The Kier molecular flexibility index (Phi) is 4.85. The van der Waals surface area contributed by atoms with Gasteiger partial charge in [-0.1, -0.05) is 34.8 Å². The van der Waals surface area contributed by atoms with Crippen molar-refractivity contribution in [3.8, 4) is 11.5 Å². The molecule has 18 heavy (non-hydrogen) atoms. The van der Waals surface area contributed by atoms with Crippen LogP contribution in [0.5, 0.6) is 11.5 Å². The van der Waals surface area contributed by atoms with E-state index in [-0.39, 0.29) is 23.4 Å². The number of halogens is 3. The molecule has 4 nitrogen and oxygen atoms in total. The molecule has 0 spiro atoms. The van der Waals surface area contributed by atoms with Crippen LogP contribution in [0.3, 0.4) is 0 Å². The zero-order chi connectivity index (χ0) is 13.9. The number of alkyl halides is 3. The number of hydrogen-bond donors (Lipinski definition) is 2. The van der Waals surface area contributed by atoms with Crippen LogP contribution in [0, 0.1) is 5.41 Å². The van der Waals surface area contributed by atoms with Crippen molar-refractivity contribution in [2.45, 2.75) is 10.2 Å². The van der Waals surface area contributed by atoms with Crippen LogP contribution in [0.15, 0.2) is 18.2 Å². The summed E-state index contributed by atoms with van der Waals surface area (Å²) in [5, 5.41) is 17.1. The Morgan fingerprint density at radius 3 is 2.50 bits per heavy atom. The predicted octanol–water partition coefficient (Wildman–Crippen LogP) is 3.36. The topological polar surface area (TPSA) is 70.4 Å². The van der Waals surface area contributed by atoms with Gasteiger partial charge in [-0.15, -0.1) is 0 Å². The third-order valence-electron chi connectivity index (χ3n) is 2.18. The van der Waals surface area contributed by atoms with E-state index >= 15 is 0 Å². The minimum absolute atomic E-state index is 0.0507. The van der Waals surface area contributed by atoms with Gasteiger partial charge in [-0.2, -0.15) is 0 Å². The van der Waals surface area contributed by atoms with Crippen molar-refractivity contribution in [1.82, 2.24) is 0 Å². The molecule has 0 aliphatic carbocycles. The summed E-state index contributed by atoms with van der Waals surface area (Å²) < 4.78 is 2.97. The van der Waals surface area contributed by atoms with Gasteiger partial charge in [0.05, 0.1) is 24.8 Å². The molecular formula is C11H10Cl3NO3. The number of hydrogen-bond acceptors (Lipinski definition) is 4. The number of carbonyl (C=O) groups is 1. The van der Waals surface area contributed by atoms with E-state index in [1.54, 1.807) is 0 Å². The number of phenolic OH excluding ortho intramolecular Hbond substituents is 1. The molecule has 7 heteroatoms. The number of phenols is 1. The lowest BCUT2D eigenvalue weighted by Crippen LogP contribution is -2.21. The highest BCUT2D eigenvalue weighted by atomic mass is 35.6. The third kappa shape index (κ3) is 3.77. The van der Waals surface area contributed by atoms with E-state index in [1.165, 1.54) is 25.3 Å². The maximum absolute atomic E-state index is 11.8. The van der Waals surface area contributed by atoms with Crippen LogP contribution < -0.4 is 4.74 Å². The Hall–Kier alpha value is -0.970. The van der Waals surface area contributed by atoms with E-state index < -0.39 is 9.58 Å². The zero-order valence-electron chi connectivity index (χ0n) is 9.34. The first kappa shape index (κ1) is 15.1. The number of benzene rings is 1. The van der Waals surface area contributed by atoms with Crippen LogP contribution in [0.2, 0.25) is 0 Å². The number of Topliss-reactive ketones (excluding diaryl/α,β-unsaturated/α-hetero) is 1. The molecule has 0 amide bonds. The Bertz CT molecular complexity index is 483. The lowest BCUT2D eigenvalue weighted by atomic mass is 10.0. The summed E-state index contributed by atoms with van der Waals surface area (Å²) in [5.74, 6) is -0.330. The minimum atomic E-state index is -1.92. The van der Waals surface area contributed by atoms with E-state index in [0.717, 1.165) is 0 Å². The molecule has 0 heterocycles. The Balaban J connectivity index is 2.89. The maximum Gasteiger partial charge on any atom is 0.228 e. The van der Waals surface area contributed by atoms with Crippen molar-refractivity contribution in [1.29, 1.82) is 5.41 Å². The van der Waals surface area contributed by atoms with Crippen LogP contribution in [-0.2, 0) is 0 Å². The highest BCUT2D eigenvalue weighted by Gasteiger charge is 2.28. The van der Waals surface area contributed by atoms with E-state index in [1.807, 2.05) is 0 Å². The Morgan fingerprint density at radius 1 is 1.44 bits per heavy atom. The van der Waals surface area contributed by atoms with Gasteiger partial charge in [0.25, 0.3) is 0 Å². The molecule has 0 bridgehead atoms. The summed E-state index contributed by atoms with van der Waals surface area (Å²) in [6.45, 7) is 0. The highest BCUT2D eigenvalue weighted by Crippen LogP contribution is 2.30. The second-order valence-corrected chi connectivity index (χ2v) is 5.74. The molecule has 0 saturated carbocycles. The quantitative estimate of drug-likeness (QED) is 0.509. The molecule has 1 aromatic carbocycles. The van der Waals surface area contributed by atoms with Crippen LogP contribution >= 0.6 is 34.8 Å². The maximum atomic E-state index is 11.8.